The molecule has 4 rings (SSSR count). The maximum atomic E-state index is 11.3. The Kier molecular flexibility index (Phi) is 5.33. The number of ether oxygens (including phenoxy) is 1. The summed E-state index contributed by atoms with van der Waals surface area (Å²) >= 11 is 6.56. The van der Waals surface area contributed by atoms with Gasteiger partial charge in [0.1, 0.15) is 5.75 Å². The zero-order valence-corrected chi connectivity index (χ0v) is 18.0. The lowest BCUT2D eigenvalue weighted by Gasteiger charge is -2.21. The highest BCUT2D eigenvalue weighted by molar-refractivity contribution is 6.24. The molecule has 0 spiro atoms. The zero-order chi connectivity index (χ0) is 22.3. The van der Waals surface area contributed by atoms with Crippen molar-refractivity contribution in [1.29, 1.82) is 0 Å². The molecule has 1 aromatic heterocycles. The summed E-state index contributed by atoms with van der Waals surface area (Å²) in [5.74, 6) is -0.663. The second-order valence-corrected chi connectivity index (χ2v) is 8.53. The van der Waals surface area contributed by atoms with Crippen LogP contribution in [0.5, 0.6) is 11.8 Å². The van der Waals surface area contributed by atoms with E-state index in [9.17, 15) is 15.0 Å². The highest BCUT2D eigenvalue weighted by Gasteiger charge is 2.24. The summed E-state index contributed by atoms with van der Waals surface area (Å²) < 4.78 is 5.73. The van der Waals surface area contributed by atoms with Crippen LogP contribution in [0.4, 0.5) is 0 Å². The number of carbonyl (C=O) groups is 1. The van der Waals surface area contributed by atoms with Gasteiger partial charge in [-0.1, -0.05) is 30.3 Å². The van der Waals surface area contributed by atoms with Crippen LogP contribution in [-0.2, 0) is 5.60 Å². The third-order valence-corrected chi connectivity index (χ3v) is 5.56. The van der Waals surface area contributed by atoms with Gasteiger partial charge in [0.2, 0.25) is 0 Å². The molecule has 2 atom stereocenters. The number of aromatic nitrogens is 2. The van der Waals surface area contributed by atoms with Gasteiger partial charge in [0, 0.05) is 0 Å². The SMILES string of the molecule is Cc1ccc(Oc2nc3c([nH]2)=CC(Cl)C(c2ccc(C(C)(C)O)cc2)N=3)cc1C(=O)O. The fourth-order valence-corrected chi connectivity index (χ4v) is 3.75. The van der Waals surface area contributed by atoms with Crippen molar-refractivity contribution in [2.24, 2.45) is 4.99 Å². The molecule has 0 aliphatic carbocycles. The van der Waals surface area contributed by atoms with E-state index >= 15 is 0 Å². The first-order valence-electron chi connectivity index (χ1n) is 9.76. The van der Waals surface area contributed by atoms with Crippen molar-refractivity contribution in [3.8, 4) is 11.8 Å². The molecular weight excluding hydrogens is 418 g/mol. The number of carboxylic acids is 1. The van der Waals surface area contributed by atoms with Crippen LogP contribution in [0.15, 0.2) is 47.5 Å². The first-order chi connectivity index (χ1) is 14.6. The number of aliphatic hydroxyl groups is 1. The van der Waals surface area contributed by atoms with E-state index in [2.05, 4.69) is 15.0 Å². The molecule has 0 amide bonds. The minimum absolute atomic E-state index is 0.167. The van der Waals surface area contributed by atoms with Crippen molar-refractivity contribution in [2.75, 3.05) is 0 Å². The van der Waals surface area contributed by atoms with E-state index < -0.39 is 16.9 Å². The van der Waals surface area contributed by atoms with E-state index in [0.717, 1.165) is 11.1 Å². The lowest BCUT2D eigenvalue weighted by molar-refractivity contribution is 0.0695. The molecule has 3 N–H and O–H groups in total. The Morgan fingerprint density at radius 1 is 1.19 bits per heavy atom. The number of aromatic amines is 1. The molecule has 0 bridgehead atoms. The van der Waals surface area contributed by atoms with Crippen LogP contribution in [-0.4, -0.2) is 31.5 Å². The number of H-pyrrole nitrogens is 1. The first-order valence-corrected chi connectivity index (χ1v) is 10.2. The number of hydrogen-bond donors (Lipinski definition) is 3. The smallest absolute Gasteiger partial charge is 0.336 e. The van der Waals surface area contributed by atoms with Gasteiger partial charge in [-0.2, -0.15) is 4.98 Å². The van der Waals surface area contributed by atoms with E-state index in [1.165, 1.54) is 6.07 Å². The van der Waals surface area contributed by atoms with Gasteiger partial charge in [-0.25, -0.2) is 4.79 Å². The molecule has 0 saturated heterocycles. The van der Waals surface area contributed by atoms with E-state index in [4.69, 9.17) is 16.3 Å². The van der Waals surface area contributed by atoms with Crippen molar-refractivity contribution in [3.63, 3.8) is 0 Å². The van der Waals surface area contributed by atoms with E-state index in [1.807, 2.05) is 30.3 Å². The summed E-state index contributed by atoms with van der Waals surface area (Å²) in [7, 11) is 0. The average Bonchev–Trinajstić information content (AvgIpc) is 3.09. The van der Waals surface area contributed by atoms with Gasteiger partial charge in [0.15, 0.2) is 5.49 Å². The van der Waals surface area contributed by atoms with E-state index in [1.54, 1.807) is 32.9 Å². The number of hydrogen-bond acceptors (Lipinski definition) is 5. The Hall–Kier alpha value is -3.16. The molecule has 7 nitrogen and oxygen atoms in total. The Labute approximate surface area is 183 Å². The molecule has 160 valence electrons. The number of rotatable bonds is 5. The minimum atomic E-state index is -1.02. The van der Waals surface area contributed by atoms with Crippen molar-refractivity contribution < 1.29 is 19.7 Å². The van der Waals surface area contributed by atoms with Gasteiger partial charge in [0.05, 0.1) is 27.9 Å². The van der Waals surface area contributed by atoms with Crippen molar-refractivity contribution in [3.05, 3.63) is 75.6 Å². The Bertz CT molecular complexity index is 1260. The molecular formula is C23H22ClN3O4. The normalized spacial score (nSPS) is 18.0. The summed E-state index contributed by atoms with van der Waals surface area (Å²) in [5, 5.41) is 19.7. The third kappa shape index (κ3) is 4.33. The molecule has 1 aliphatic heterocycles. The number of fused-ring (bicyclic) bond motifs is 1. The molecule has 8 heteroatoms. The number of nitrogens with one attached hydrogen (secondary N) is 1. The maximum Gasteiger partial charge on any atom is 0.336 e. The van der Waals surface area contributed by atoms with Crippen molar-refractivity contribution in [2.45, 2.75) is 37.8 Å². The van der Waals surface area contributed by atoms with Gasteiger partial charge in [-0.15, -0.1) is 11.6 Å². The van der Waals surface area contributed by atoms with Gasteiger partial charge in [-0.05, 0) is 55.7 Å². The van der Waals surface area contributed by atoms with Crippen LogP contribution >= 0.6 is 11.6 Å². The summed E-state index contributed by atoms with van der Waals surface area (Å²) in [5.41, 5.74) is 2.06. The molecule has 3 aromatic rings. The Morgan fingerprint density at radius 2 is 1.90 bits per heavy atom. The van der Waals surface area contributed by atoms with Crippen LogP contribution in [0.25, 0.3) is 6.08 Å². The molecule has 0 radical (unpaired) electrons. The standard InChI is InChI=1S/C23H22ClN3O4/c1-12-4-9-15(10-16(12)21(28)29)31-22-25-18-11-17(24)19(26-20(18)27-22)13-5-7-14(8-6-13)23(2,3)30/h4-11,17,19,30H,1-3H3,(H,28,29)(H,25,26,27). The third-order valence-electron chi connectivity index (χ3n) is 5.19. The van der Waals surface area contributed by atoms with Crippen LogP contribution in [0.2, 0.25) is 0 Å². The quantitative estimate of drug-likeness (QED) is 0.529. The average molecular weight is 440 g/mol. The lowest BCUT2D eigenvalue weighted by Crippen LogP contribution is -2.33. The highest BCUT2D eigenvalue weighted by atomic mass is 35.5. The van der Waals surface area contributed by atoms with Gasteiger partial charge in [-0.3, -0.25) is 4.99 Å². The van der Waals surface area contributed by atoms with E-state index in [-0.39, 0.29) is 17.6 Å². The lowest BCUT2D eigenvalue weighted by atomic mass is 9.94. The molecule has 31 heavy (non-hydrogen) atoms. The summed E-state index contributed by atoms with van der Waals surface area (Å²) in [6.07, 6.45) is 1.83. The number of carboxylic acid groups (broad SMARTS) is 1. The van der Waals surface area contributed by atoms with Crippen LogP contribution < -0.4 is 15.6 Å². The Morgan fingerprint density at radius 3 is 2.55 bits per heavy atom. The summed E-state index contributed by atoms with van der Waals surface area (Å²) in [6.45, 7) is 5.19. The maximum absolute atomic E-state index is 11.3. The van der Waals surface area contributed by atoms with Crippen molar-refractivity contribution in [1.82, 2.24) is 9.97 Å². The van der Waals surface area contributed by atoms with Crippen LogP contribution in [0.1, 0.15) is 46.9 Å². The second kappa shape index (κ2) is 7.83. The molecule has 0 fully saturated rings. The predicted octanol–water partition coefficient (Wildman–Crippen LogP) is 3.20. The predicted molar refractivity (Wildman–Crippen MR) is 116 cm³/mol. The molecule has 2 unspecified atom stereocenters. The fraction of sp³-hybridized carbons (Fsp3) is 0.261. The summed E-state index contributed by atoms with van der Waals surface area (Å²) in [4.78, 5) is 23.4. The number of aryl methyl sites for hydroxylation is 1. The second-order valence-electron chi connectivity index (χ2n) is 8.03. The van der Waals surface area contributed by atoms with Crippen LogP contribution in [0.3, 0.4) is 0 Å². The monoisotopic (exact) mass is 439 g/mol. The number of imidazole rings is 1. The minimum Gasteiger partial charge on any atom is -0.478 e. The highest BCUT2D eigenvalue weighted by Crippen LogP contribution is 2.29. The molecule has 1 aliphatic rings. The molecule has 2 aromatic carbocycles. The zero-order valence-electron chi connectivity index (χ0n) is 17.3. The number of halogens is 1. The molecule has 0 saturated carbocycles. The fourth-order valence-electron chi connectivity index (χ4n) is 3.42. The number of nitrogens with zero attached hydrogens (tertiary/aromatic N) is 2. The Balaban J connectivity index is 1.63. The number of benzene rings is 2. The molecule has 2 heterocycles. The number of alkyl halides is 1. The topological polar surface area (TPSA) is 108 Å². The largest absolute Gasteiger partial charge is 0.478 e. The summed E-state index contributed by atoms with van der Waals surface area (Å²) in [6, 6.07) is 12.2. The first kappa shape index (κ1) is 21.1. The number of aromatic carboxylic acids is 1. The van der Waals surface area contributed by atoms with Crippen molar-refractivity contribution >= 4 is 23.6 Å². The van der Waals surface area contributed by atoms with Gasteiger partial charge >= 0.3 is 12.0 Å². The van der Waals surface area contributed by atoms with E-state index in [0.29, 0.717) is 22.1 Å². The van der Waals surface area contributed by atoms with Gasteiger partial charge < -0.3 is 19.9 Å². The van der Waals surface area contributed by atoms with Gasteiger partial charge in [0.25, 0.3) is 0 Å². The van der Waals surface area contributed by atoms with Crippen LogP contribution in [0, 0.1) is 6.92 Å².